The Labute approximate surface area is 132 Å². The molecule has 1 N–H and O–H groups in total. The van der Waals surface area contributed by atoms with E-state index in [2.05, 4.69) is 12.2 Å². The van der Waals surface area contributed by atoms with Gasteiger partial charge >= 0.3 is 0 Å². The Bertz CT molecular complexity index is 581. The topological polar surface area (TPSA) is 49.4 Å². The minimum atomic E-state index is -3.49. The van der Waals surface area contributed by atoms with Gasteiger partial charge in [-0.15, -0.1) is 0 Å². The van der Waals surface area contributed by atoms with Gasteiger partial charge in [-0.25, -0.2) is 8.42 Å². The Morgan fingerprint density at radius 2 is 2.00 bits per heavy atom. The summed E-state index contributed by atoms with van der Waals surface area (Å²) >= 11 is 6.14. The molecule has 0 bridgehead atoms. The van der Waals surface area contributed by atoms with E-state index < -0.39 is 10.0 Å². The second-order valence-corrected chi connectivity index (χ2v) is 7.80. The van der Waals surface area contributed by atoms with Crippen LogP contribution in [-0.4, -0.2) is 38.9 Å². The zero-order valence-corrected chi connectivity index (χ0v) is 14.2. The summed E-state index contributed by atoms with van der Waals surface area (Å²) in [6, 6.07) is 5.72. The van der Waals surface area contributed by atoms with Gasteiger partial charge in [0.1, 0.15) is 4.90 Å². The van der Waals surface area contributed by atoms with Gasteiger partial charge in [0, 0.05) is 19.1 Å². The van der Waals surface area contributed by atoms with E-state index in [-0.39, 0.29) is 4.90 Å². The lowest BCUT2D eigenvalue weighted by atomic mass is 10.1. The molecule has 0 radical (unpaired) electrons. The number of piperidine rings is 1. The van der Waals surface area contributed by atoms with Crippen LogP contribution < -0.4 is 5.32 Å². The highest BCUT2D eigenvalue weighted by atomic mass is 35.5. The van der Waals surface area contributed by atoms with Gasteiger partial charge in [-0.05, 0) is 44.0 Å². The highest BCUT2D eigenvalue weighted by molar-refractivity contribution is 7.89. The smallest absolute Gasteiger partial charge is 0.244 e. The van der Waals surface area contributed by atoms with Gasteiger partial charge in [-0.2, -0.15) is 4.31 Å². The number of rotatable bonds is 5. The Morgan fingerprint density at radius 3 is 2.57 bits per heavy atom. The summed E-state index contributed by atoms with van der Waals surface area (Å²) in [4.78, 5) is 0.248. The highest BCUT2D eigenvalue weighted by Crippen LogP contribution is 2.28. The van der Waals surface area contributed by atoms with Crippen molar-refractivity contribution in [3.05, 3.63) is 28.8 Å². The van der Waals surface area contributed by atoms with Crippen molar-refractivity contribution >= 4 is 21.6 Å². The molecule has 6 heteroatoms. The molecule has 0 amide bonds. The molecule has 1 saturated heterocycles. The molecule has 0 spiro atoms. The van der Waals surface area contributed by atoms with E-state index >= 15 is 0 Å². The first-order valence-electron chi connectivity index (χ1n) is 7.45. The van der Waals surface area contributed by atoms with Crippen LogP contribution in [0.25, 0.3) is 0 Å². The highest BCUT2D eigenvalue weighted by Gasteiger charge is 2.30. The molecular formula is C15H23ClN2O2S. The number of sulfonamides is 1. The Hall–Kier alpha value is -0.620. The van der Waals surface area contributed by atoms with Crippen molar-refractivity contribution in [1.82, 2.24) is 9.62 Å². The van der Waals surface area contributed by atoms with Crippen molar-refractivity contribution in [2.45, 2.75) is 43.5 Å². The van der Waals surface area contributed by atoms with Gasteiger partial charge in [0.15, 0.2) is 0 Å². The fourth-order valence-corrected chi connectivity index (χ4v) is 4.71. The molecule has 4 nitrogen and oxygen atoms in total. The fourth-order valence-electron chi connectivity index (χ4n) is 2.71. The van der Waals surface area contributed by atoms with E-state index in [9.17, 15) is 8.42 Å². The molecule has 0 saturated carbocycles. The van der Waals surface area contributed by atoms with Crippen LogP contribution in [-0.2, 0) is 16.4 Å². The van der Waals surface area contributed by atoms with Crippen LogP contribution in [0.3, 0.4) is 0 Å². The summed E-state index contributed by atoms with van der Waals surface area (Å²) < 4.78 is 27.1. The molecule has 0 unspecified atom stereocenters. The molecule has 0 aliphatic carbocycles. The number of halogens is 1. The first kappa shape index (κ1) is 16.7. The van der Waals surface area contributed by atoms with Crippen molar-refractivity contribution in [1.29, 1.82) is 0 Å². The van der Waals surface area contributed by atoms with E-state index in [1.54, 1.807) is 16.4 Å². The van der Waals surface area contributed by atoms with Crippen molar-refractivity contribution in [3.8, 4) is 0 Å². The lowest BCUT2D eigenvalue weighted by Gasteiger charge is -2.31. The number of benzene rings is 1. The van der Waals surface area contributed by atoms with Crippen LogP contribution in [0.2, 0.25) is 5.02 Å². The monoisotopic (exact) mass is 330 g/mol. The summed E-state index contributed by atoms with van der Waals surface area (Å²) in [5, 5.41) is 3.52. The molecule has 1 aromatic rings. The molecule has 2 rings (SSSR count). The normalized spacial score (nSPS) is 18.0. The lowest BCUT2D eigenvalue weighted by Crippen LogP contribution is -2.43. The van der Waals surface area contributed by atoms with Crippen LogP contribution in [0.15, 0.2) is 23.1 Å². The van der Waals surface area contributed by atoms with Gasteiger partial charge in [-0.1, -0.05) is 31.0 Å². The van der Waals surface area contributed by atoms with Crippen LogP contribution >= 0.6 is 11.6 Å². The molecule has 0 aromatic heterocycles. The number of nitrogens with one attached hydrogen (secondary N) is 1. The quantitative estimate of drug-likeness (QED) is 0.903. The van der Waals surface area contributed by atoms with Crippen LogP contribution in [0.5, 0.6) is 0 Å². The van der Waals surface area contributed by atoms with E-state index in [0.717, 1.165) is 31.2 Å². The second kappa shape index (κ2) is 7.09. The predicted octanol–water partition coefficient (Wildman–Crippen LogP) is 2.67. The van der Waals surface area contributed by atoms with Crippen molar-refractivity contribution in [2.24, 2.45) is 0 Å². The first-order chi connectivity index (χ1) is 9.98. The maximum Gasteiger partial charge on any atom is 0.244 e. The summed E-state index contributed by atoms with van der Waals surface area (Å²) in [6.07, 6.45) is 3.51. The van der Waals surface area contributed by atoms with Gasteiger partial charge in [0.2, 0.25) is 10.0 Å². The van der Waals surface area contributed by atoms with E-state index in [1.165, 1.54) is 0 Å². The first-order valence-corrected chi connectivity index (χ1v) is 9.26. The van der Waals surface area contributed by atoms with Crippen molar-refractivity contribution in [2.75, 3.05) is 20.1 Å². The molecule has 118 valence electrons. The van der Waals surface area contributed by atoms with Gasteiger partial charge in [0.05, 0.1) is 5.02 Å². The average Bonchev–Trinajstić information content (AvgIpc) is 2.49. The Balaban J connectivity index is 2.25. The maximum absolute atomic E-state index is 12.8. The summed E-state index contributed by atoms with van der Waals surface area (Å²) in [5.74, 6) is 0. The number of aryl methyl sites for hydroxylation is 1. The molecule has 1 heterocycles. The summed E-state index contributed by atoms with van der Waals surface area (Å²) in [6.45, 7) is 3.16. The largest absolute Gasteiger partial charge is 0.317 e. The van der Waals surface area contributed by atoms with Crippen LogP contribution in [0, 0.1) is 0 Å². The van der Waals surface area contributed by atoms with E-state index in [1.807, 2.05) is 13.1 Å². The molecule has 1 aliphatic heterocycles. The lowest BCUT2D eigenvalue weighted by molar-refractivity contribution is 0.298. The van der Waals surface area contributed by atoms with Gasteiger partial charge < -0.3 is 5.32 Å². The minimum absolute atomic E-state index is 0.248. The minimum Gasteiger partial charge on any atom is -0.317 e. The van der Waals surface area contributed by atoms with Crippen LogP contribution in [0.1, 0.15) is 31.7 Å². The SMILES string of the molecule is CCCc1ccc(Cl)c(S(=O)(=O)N2CCC(NC)CC2)c1. The van der Waals surface area contributed by atoms with Gasteiger partial charge in [-0.3, -0.25) is 0 Å². The van der Waals surface area contributed by atoms with E-state index in [4.69, 9.17) is 11.6 Å². The third-order valence-corrected chi connectivity index (χ3v) is 6.39. The summed E-state index contributed by atoms with van der Waals surface area (Å²) in [7, 11) is -1.57. The number of hydrogen-bond donors (Lipinski definition) is 1. The molecule has 1 aliphatic rings. The van der Waals surface area contributed by atoms with Crippen LogP contribution in [0.4, 0.5) is 0 Å². The zero-order chi connectivity index (χ0) is 15.5. The Morgan fingerprint density at radius 1 is 1.33 bits per heavy atom. The van der Waals surface area contributed by atoms with E-state index in [0.29, 0.717) is 24.2 Å². The standard InChI is InChI=1S/C15H23ClN2O2S/c1-3-4-12-5-6-14(16)15(11-12)21(19,20)18-9-7-13(17-2)8-10-18/h5-6,11,13,17H,3-4,7-10H2,1-2H3. The third-order valence-electron chi connectivity index (χ3n) is 4.01. The van der Waals surface area contributed by atoms with Crippen molar-refractivity contribution in [3.63, 3.8) is 0 Å². The summed E-state index contributed by atoms with van der Waals surface area (Å²) in [5.41, 5.74) is 1.02. The predicted molar refractivity (Wildman–Crippen MR) is 86.3 cm³/mol. The maximum atomic E-state index is 12.8. The Kier molecular flexibility index (Phi) is 5.66. The molecular weight excluding hydrogens is 308 g/mol. The average molecular weight is 331 g/mol. The molecule has 1 aromatic carbocycles. The fraction of sp³-hybridized carbons (Fsp3) is 0.600. The van der Waals surface area contributed by atoms with Gasteiger partial charge in [0.25, 0.3) is 0 Å². The second-order valence-electron chi connectivity index (χ2n) is 5.48. The third kappa shape index (κ3) is 3.77. The van der Waals surface area contributed by atoms with Crippen molar-refractivity contribution < 1.29 is 8.42 Å². The molecule has 21 heavy (non-hydrogen) atoms. The number of hydrogen-bond acceptors (Lipinski definition) is 3. The molecule has 0 atom stereocenters. The zero-order valence-electron chi connectivity index (χ0n) is 12.6. The number of nitrogens with zero attached hydrogens (tertiary/aromatic N) is 1. The molecule has 1 fully saturated rings.